The quantitative estimate of drug-likeness (QED) is 0.505. The van der Waals surface area contributed by atoms with Crippen LogP contribution in [0.2, 0.25) is 0 Å². The van der Waals surface area contributed by atoms with Crippen LogP contribution in [0.25, 0.3) is 0 Å². The molecule has 0 bridgehead atoms. The fourth-order valence-electron chi connectivity index (χ4n) is 2.97. The first-order chi connectivity index (χ1) is 9.90. The molecule has 6 heteroatoms. The number of rotatable bonds is 3. The Morgan fingerprint density at radius 1 is 1.48 bits per heavy atom. The molecule has 1 fully saturated rings. The highest BCUT2D eigenvalue weighted by Crippen LogP contribution is 2.34. The monoisotopic (exact) mass is 294 g/mol. The molecule has 1 aromatic rings. The van der Waals surface area contributed by atoms with Crippen LogP contribution in [-0.4, -0.2) is 29.1 Å². The van der Waals surface area contributed by atoms with Crippen molar-refractivity contribution in [2.75, 3.05) is 13.1 Å². The van der Waals surface area contributed by atoms with Crippen molar-refractivity contribution < 1.29 is 9.32 Å². The number of hydrazine groups is 1. The number of nitrogens with one attached hydrogen (secondary N) is 1. The van der Waals surface area contributed by atoms with Gasteiger partial charge in [-0.15, -0.1) is 0 Å². The molecule has 1 saturated heterocycles. The number of hydrogen-bond donors (Lipinski definition) is 2. The van der Waals surface area contributed by atoms with E-state index < -0.39 is 5.91 Å². The second-order valence-electron chi connectivity index (χ2n) is 6.92. The maximum Gasteiger partial charge on any atom is 0.287 e. The molecule has 0 spiro atoms. The summed E-state index contributed by atoms with van der Waals surface area (Å²) in [6.45, 7) is 9.78. The van der Waals surface area contributed by atoms with E-state index in [0.29, 0.717) is 17.7 Å². The predicted octanol–water partition coefficient (Wildman–Crippen LogP) is 1.93. The highest BCUT2D eigenvalue weighted by atomic mass is 16.5. The zero-order valence-corrected chi connectivity index (χ0v) is 13.2. The van der Waals surface area contributed by atoms with Crippen molar-refractivity contribution in [3.8, 4) is 0 Å². The third-order valence-corrected chi connectivity index (χ3v) is 4.35. The average molecular weight is 294 g/mol. The molecule has 0 radical (unpaired) electrons. The van der Waals surface area contributed by atoms with Gasteiger partial charge in [0.25, 0.3) is 5.91 Å². The van der Waals surface area contributed by atoms with Crippen molar-refractivity contribution in [1.82, 2.24) is 15.5 Å². The number of aromatic nitrogens is 1. The normalized spacial score (nSPS) is 21.0. The van der Waals surface area contributed by atoms with Crippen LogP contribution in [0.3, 0.4) is 0 Å². The molecule has 2 heterocycles. The first-order valence-electron chi connectivity index (χ1n) is 7.59. The zero-order valence-electron chi connectivity index (χ0n) is 13.2. The van der Waals surface area contributed by atoms with Gasteiger partial charge in [-0.2, -0.15) is 0 Å². The fourth-order valence-corrected chi connectivity index (χ4v) is 2.97. The Balaban J connectivity index is 1.92. The van der Waals surface area contributed by atoms with E-state index >= 15 is 0 Å². The summed E-state index contributed by atoms with van der Waals surface area (Å²) < 4.78 is 5.22. The van der Waals surface area contributed by atoms with Gasteiger partial charge in [-0.25, -0.2) is 5.84 Å². The molecule has 1 aliphatic heterocycles. The molecule has 1 unspecified atom stereocenters. The molecule has 1 atom stereocenters. The standard InChI is InChI=1S/C15H26N4O2/c1-15(2,3)11-5-4-7-19(8-6-11)10-12-9-13(18-21-12)14(20)17-16/h9,11H,4-8,10,16H2,1-3H3,(H,17,20). The van der Waals surface area contributed by atoms with E-state index in [2.05, 4.69) is 36.3 Å². The number of carbonyl (C=O) groups is 1. The van der Waals surface area contributed by atoms with Gasteiger partial charge in [0, 0.05) is 6.07 Å². The summed E-state index contributed by atoms with van der Waals surface area (Å²) in [5.41, 5.74) is 2.66. The minimum absolute atomic E-state index is 0.231. The molecule has 1 aliphatic rings. The summed E-state index contributed by atoms with van der Waals surface area (Å²) in [5.74, 6) is 6.13. The van der Waals surface area contributed by atoms with Crippen LogP contribution in [-0.2, 0) is 6.54 Å². The Labute approximate surface area is 126 Å². The minimum Gasteiger partial charge on any atom is -0.359 e. The number of nitrogen functional groups attached to an aromatic ring is 1. The van der Waals surface area contributed by atoms with Crippen LogP contribution in [0.15, 0.2) is 10.6 Å². The van der Waals surface area contributed by atoms with E-state index in [4.69, 9.17) is 10.4 Å². The van der Waals surface area contributed by atoms with E-state index in [0.717, 1.165) is 19.0 Å². The Hall–Kier alpha value is -1.40. The highest BCUT2D eigenvalue weighted by molar-refractivity contribution is 5.91. The van der Waals surface area contributed by atoms with E-state index in [1.165, 1.54) is 19.3 Å². The largest absolute Gasteiger partial charge is 0.359 e. The lowest BCUT2D eigenvalue weighted by molar-refractivity contribution is 0.0944. The molecule has 2 rings (SSSR count). The lowest BCUT2D eigenvalue weighted by Crippen LogP contribution is -2.30. The predicted molar refractivity (Wildman–Crippen MR) is 80.2 cm³/mol. The van der Waals surface area contributed by atoms with Gasteiger partial charge >= 0.3 is 0 Å². The highest BCUT2D eigenvalue weighted by Gasteiger charge is 2.27. The van der Waals surface area contributed by atoms with Crippen LogP contribution in [0.5, 0.6) is 0 Å². The summed E-state index contributed by atoms with van der Waals surface area (Å²) in [6.07, 6.45) is 3.68. The van der Waals surface area contributed by atoms with Gasteiger partial charge in [0.15, 0.2) is 11.5 Å². The van der Waals surface area contributed by atoms with Crippen LogP contribution < -0.4 is 11.3 Å². The SMILES string of the molecule is CC(C)(C)C1CCCN(Cc2cc(C(=O)NN)no2)CC1. The zero-order chi connectivity index (χ0) is 15.5. The third-order valence-electron chi connectivity index (χ3n) is 4.35. The number of likely N-dealkylation sites (tertiary alicyclic amines) is 1. The Kier molecular flexibility index (Phi) is 5.00. The second-order valence-corrected chi connectivity index (χ2v) is 6.92. The molecular formula is C15H26N4O2. The number of amides is 1. The Morgan fingerprint density at radius 2 is 2.24 bits per heavy atom. The van der Waals surface area contributed by atoms with Gasteiger partial charge in [-0.3, -0.25) is 15.1 Å². The van der Waals surface area contributed by atoms with Crippen molar-refractivity contribution >= 4 is 5.91 Å². The Bertz CT molecular complexity index is 478. The maximum atomic E-state index is 11.4. The second kappa shape index (κ2) is 6.58. The molecule has 1 amide bonds. The molecule has 0 aliphatic carbocycles. The number of nitrogens with two attached hydrogens (primary N) is 1. The van der Waals surface area contributed by atoms with Gasteiger partial charge < -0.3 is 4.52 Å². The van der Waals surface area contributed by atoms with Gasteiger partial charge in [0.2, 0.25) is 0 Å². The first kappa shape index (κ1) is 16.0. The average Bonchev–Trinajstić information content (AvgIpc) is 2.74. The topological polar surface area (TPSA) is 84.4 Å². The van der Waals surface area contributed by atoms with Crippen molar-refractivity contribution in [2.24, 2.45) is 17.2 Å². The summed E-state index contributed by atoms with van der Waals surface area (Å²) >= 11 is 0. The van der Waals surface area contributed by atoms with Crippen molar-refractivity contribution in [2.45, 2.75) is 46.6 Å². The van der Waals surface area contributed by atoms with Crippen molar-refractivity contribution in [1.29, 1.82) is 0 Å². The molecule has 1 aromatic heterocycles. The molecular weight excluding hydrogens is 268 g/mol. The third kappa shape index (κ3) is 4.28. The van der Waals surface area contributed by atoms with Crippen molar-refractivity contribution in [3.05, 3.63) is 17.5 Å². The molecule has 118 valence electrons. The van der Waals surface area contributed by atoms with Crippen LogP contribution >= 0.6 is 0 Å². The summed E-state index contributed by atoms with van der Waals surface area (Å²) in [7, 11) is 0. The lowest BCUT2D eigenvalue weighted by atomic mass is 9.77. The summed E-state index contributed by atoms with van der Waals surface area (Å²) in [4.78, 5) is 13.7. The maximum absolute atomic E-state index is 11.4. The van der Waals surface area contributed by atoms with Gasteiger partial charge in [-0.1, -0.05) is 25.9 Å². The van der Waals surface area contributed by atoms with Gasteiger partial charge in [0.1, 0.15) is 0 Å². The molecule has 21 heavy (non-hydrogen) atoms. The number of carbonyl (C=O) groups excluding carboxylic acids is 1. The number of hydrogen-bond acceptors (Lipinski definition) is 5. The van der Waals surface area contributed by atoms with Crippen LogP contribution in [0, 0.1) is 11.3 Å². The van der Waals surface area contributed by atoms with E-state index in [1.807, 2.05) is 0 Å². The smallest absolute Gasteiger partial charge is 0.287 e. The summed E-state index contributed by atoms with van der Waals surface area (Å²) in [6, 6.07) is 1.66. The lowest BCUT2D eigenvalue weighted by Gasteiger charge is -2.29. The van der Waals surface area contributed by atoms with Gasteiger partial charge in [0.05, 0.1) is 6.54 Å². The van der Waals surface area contributed by atoms with Crippen LogP contribution in [0.1, 0.15) is 56.3 Å². The minimum atomic E-state index is -0.423. The first-order valence-corrected chi connectivity index (χ1v) is 7.59. The van der Waals surface area contributed by atoms with Gasteiger partial charge in [-0.05, 0) is 43.7 Å². The van der Waals surface area contributed by atoms with Crippen molar-refractivity contribution in [3.63, 3.8) is 0 Å². The summed E-state index contributed by atoms with van der Waals surface area (Å²) in [5, 5.41) is 3.74. The fraction of sp³-hybridized carbons (Fsp3) is 0.733. The Morgan fingerprint density at radius 3 is 2.90 bits per heavy atom. The number of nitrogens with zero attached hydrogens (tertiary/aromatic N) is 2. The van der Waals surface area contributed by atoms with Crippen LogP contribution in [0.4, 0.5) is 0 Å². The molecule has 0 aromatic carbocycles. The van der Waals surface area contributed by atoms with E-state index in [1.54, 1.807) is 6.07 Å². The van der Waals surface area contributed by atoms with E-state index in [9.17, 15) is 4.79 Å². The van der Waals surface area contributed by atoms with E-state index in [-0.39, 0.29) is 5.69 Å². The molecule has 3 N–H and O–H groups in total. The molecule has 0 saturated carbocycles. The molecule has 6 nitrogen and oxygen atoms in total.